The SMILES string of the molecule is CCC(=O)Nc1ccc(S(C)(=O)=O)nc1. The molecule has 0 bridgehead atoms. The first-order valence-corrected chi connectivity index (χ1v) is 6.28. The maximum Gasteiger partial charge on any atom is 0.224 e. The van der Waals surface area contributed by atoms with Crippen molar-refractivity contribution in [3.8, 4) is 0 Å². The van der Waals surface area contributed by atoms with E-state index in [0.717, 1.165) is 6.26 Å². The van der Waals surface area contributed by atoms with Crippen molar-refractivity contribution in [3.05, 3.63) is 18.3 Å². The fourth-order valence-electron chi connectivity index (χ4n) is 0.923. The van der Waals surface area contributed by atoms with Gasteiger partial charge in [-0.3, -0.25) is 4.79 Å². The highest BCUT2D eigenvalue weighted by molar-refractivity contribution is 7.90. The van der Waals surface area contributed by atoms with E-state index in [-0.39, 0.29) is 10.9 Å². The van der Waals surface area contributed by atoms with Crippen LogP contribution in [-0.2, 0) is 14.6 Å². The molecule has 0 aromatic carbocycles. The number of carbonyl (C=O) groups is 1. The van der Waals surface area contributed by atoms with E-state index in [1.165, 1.54) is 18.3 Å². The molecule has 0 aliphatic rings. The van der Waals surface area contributed by atoms with Gasteiger partial charge in [-0.25, -0.2) is 13.4 Å². The Morgan fingerprint density at radius 2 is 2.13 bits per heavy atom. The molecule has 1 rings (SSSR count). The van der Waals surface area contributed by atoms with E-state index in [1.807, 2.05) is 0 Å². The third-order valence-electron chi connectivity index (χ3n) is 1.72. The molecule has 0 unspecified atom stereocenters. The van der Waals surface area contributed by atoms with Gasteiger partial charge in [0, 0.05) is 12.7 Å². The molecular weight excluding hydrogens is 216 g/mol. The van der Waals surface area contributed by atoms with Gasteiger partial charge in [0.15, 0.2) is 14.9 Å². The molecule has 0 saturated heterocycles. The minimum Gasteiger partial charge on any atom is -0.325 e. The number of carbonyl (C=O) groups excluding carboxylic acids is 1. The van der Waals surface area contributed by atoms with Crippen LogP contribution in [-0.4, -0.2) is 25.6 Å². The molecule has 0 fully saturated rings. The van der Waals surface area contributed by atoms with Crippen LogP contribution in [0.5, 0.6) is 0 Å². The van der Waals surface area contributed by atoms with Gasteiger partial charge in [0.1, 0.15) is 0 Å². The molecule has 1 aromatic heterocycles. The Morgan fingerprint density at radius 1 is 1.47 bits per heavy atom. The average molecular weight is 228 g/mol. The summed E-state index contributed by atoms with van der Waals surface area (Å²) in [6.07, 6.45) is 2.78. The molecule has 1 heterocycles. The van der Waals surface area contributed by atoms with Crippen molar-refractivity contribution in [2.24, 2.45) is 0 Å². The quantitative estimate of drug-likeness (QED) is 0.831. The van der Waals surface area contributed by atoms with Crippen molar-refractivity contribution in [1.82, 2.24) is 4.98 Å². The zero-order valence-electron chi connectivity index (χ0n) is 8.52. The van der Waals surface area contributed by atoms with Crippen LogP contribution < -0.4 is 5.32 Å². The molecule has 0 saturated carbocycles. The summed E-state index contributed by atoms with van der Waals surface area (Å²) in [5.74, 6) is -0.135. The maximum absolute atomic E-state index is 11.1. The summed E-state index contributed by atoms with van der Waals surface area (Å²) < 4.78 is 22.1. The highest BCUT2D eigenvalue weighted by Crippen LogP contribution is 2.10. The molecule has 0 spiro atoms. The van der Waals surface area contributed by atoms with Crippen LogP contribution in [0.4, 0.5) is 5.69 Å². The normalized spacial score (nSPS) is 11.1. The topological polar surface area (TPSA) is 76.1 Å². The van der Waals surface area contributed by atoms with Crippen LogP contribution in [0.2, 0.25) is 0 Å². The summed E-state index contributed by atoms with van der Waals surface area (Å²) in [7, 11) is -3.28. The fourth-order valence-corrected chi connectivity index (χ4v) is 1.48. The number of aromatic nitrogens is 1. The molecular formula is C9H12N2O3S. The van der Waals surface area contributed by atoms with E-state index in [9.17, 15) is 13.2 Å². The lowest BCUT2D eigenvalue weighted by Crippen LogP contribution is -2.10. The van der Waals surface area contributed by atoms with E-state index in [1.54, 1.807) is 6.92 Å². The number of pyridine rings is 1. The summed E-state index contributed by atoms with van der Waals surface area (Å²) in [6, 6.07) is 2.87. The molecule has 0 aliphatic carbocycles. The summed E-state index contributed by atoms with van der Waals surface area (Å²) in [6.45, 7) is 1.73. The first kappa shape index (κ1) is 11.6. The minimum atomic E-state index is -3.28. The number of nitrogens with zero attached hydrogens (tertiary/aromatic N) is 1. The van der Waals surface area contributed by atoms with Crippen molar-refractivity contribution in [1.29, 1.82) is 0 Å². The van der Waals surface area contributed by atoms with Crippen LogP contribution in [0.1, 0.15) is 13.3 Å². The molecule has 1 aromatic rings. The van der Waals surface area contributed by atoms with Gasteiger partial charge in [-0.1, -0.05) is 6.92 Å². The largest absolute Gasteiger partial charge is 0.325 e. The number of hydrogen-bond donors (Lipinski definition) is 1. The summed E-state index contributed by atoms with van der Waals surface area (Å²) in [5.41, 5.74) is 0.495. The second kappa shape index (κ2) is 4.39. The van der Waals surface area contributed by atoms with E-state index < -0.39 is 9.84 Å². The van der Waals surface area contributed by atoms with Crippen molar-refractivity contribution in [2.75, 3.05) is 11.6 Å². The van der Waals surface area contributed by atoms with Crippen LogP contribution in [0.15, 0.2) is 23.4 Å². The summed E-state index contributed by atoms with van der Waals surface area (Å²) in [5, 5.41) is 2.57. The van der Waals surface area contributed by atoms with Crippen molar-refractivity contribution in [3.63, 3.8) is 0 Å². The predicted octanol–water partition coefficient (Wildman–Crippen LogP) is 0.834. The first-order chi connectivity index (χ1) is 6.93. The lowest BCUT2D eigenvalue weighted by atomic mass is 10.4. The van der Waals surface area contributed by atoms with E-state index in [0.29, 0.717) is 12.1 Å². The molecule has 82 valence electrons. The second-order valence-corrected chi connectivity index (χ2v) is 5.02. The maximum atomic E-state index is 11.1. The lowest BCUT2D eigenvalue weighted by Gasteiger charge is -2.03. The monoisotopic (exact) mass is 228 g/mol. The van der Waals surface area contributed by atoms with Gasteiger partial charge in [-0.05, 0) is 12.1 Å². The smallest absolute Gasteiger partial charge is 0.224 e. The standard InChI is InChI=1S/C9H12N2O3S/c1-3-8(12)11-7-4-5-9(10-6-7)15(2,13)14/h4-6H,3H2,1-2H3,(H,11,12). The molecule has 0 radical (unpaired) electrons. The summed E-state index contributed by atoms with van der Waals surface area (Å²) in [4.78, 5) is 14.7. The summed E-state index contributed by atoms with van der Waals surface area (Å²) >= 11 is 0. The number of nitrogens with one attached hydrogen (secondary N) is 1. The van der Waals surface area contributed by atoms with Crippen LogP contribution in [0.25, 0.3) is 0 Å². The highest BCUT2D eigenvalue weighted by Gasteiger charge is 2.08. The molecule has 1 N–H and O–H groups in total. The molecule has 0 aliphatic heterocycles. The van der Waals surface area contributed by atoms with Gasteiger partial charge in [0.25, 0.3) is 0 Å². The van der Waals surface area contributed by atoms with Gasteiger partial charge in [-0.15, -0.1) is 0 Å². The highest BCUT2D eigenvalue weighted by atomic mass is 32.2. The lowest BCUT2D eigenvalue weighted by molar-refractivity contribution is -0.115. The van der Waals surface area contributed by atoms with Gasteiger partial charge >= 0.3 is 0 Å². The number of rotatable bonds is 3. The zero-order chi connectivity index (χ0) is 11.5. The van der Waals surface area contributed by atoms with Gasteiger partial charge in [-0.2, -0.15) is 0 Å². The molecule has 15 heavy (non-hydrogen) atoms. The van der Waals surface area contributed by atoms with Gasteiger partial charge in [0.05, 0.1) is 11.9 Å². The molecule has 6 heteroatoms. The first-order valence-electron chi connectivity index (χ1n) is 4.39. The minimum absolute atomic E-state index is 0.00278. The van der Waals surface area contributed by atoms with E-state index in [2.05, 4.69) is 10.3 Å². The Morgan fingerprint density at radius 3 is 2.53 bits per heavy atom. The van der Waals surface area contributed by atoms with E-state index in [4.69, 9.17) is 0 Å². The molecule has 1 amide bonds. The van der Waals surface area contributed by atoms with Crippen LogP contribution in [0, 0.1) is 0 Å². The third kappa shape index (κ3) is 3.32. The Kier molecular flexibility index (Phi) is 3.41. The fraction of sp³-hybridized carbons (Fsp3) is 0.333. The number of sulfone groups is 1. The molecule has 5 nitrogen and oxygen atoms in total. The van der Waals surface area contributed by atoms with Crippen molar-refractivity contribution < 1.29 is 13.2 Å². The Balaban J connectivity index is 2.86. The zero-order valence-corrected chi connectivity index (χ0v) is 9.34. The number of amides is 1. The number of hydrogen-bond acceptors (Lipinski definition) is 4. The Labute approximate surface area is 88.4 Å². The van der Waals surface area contributed by atoms with Crippen molar-refractivity contribution in [2.45, 2.75) is 18.4 Å². The van der Waals surface area contributed by atoms with Gasteiger partial charge in [0.2, 0.25) is 5.91 Å². The van der Waals surface area contributed by atoms with E-state index >= 15 is 0 Å². The van der Waals surface area contributed by atoms with Crippen LogP contribution >= 0.6 is 0 Å². The Bertz CT molecular complexity index is 451. The average Bonchev–Trinajstić information content (AvgIpc) is 2.17. The molecule has 0 atom stereocenters. The van der Waals surface area contributed by atoms with Crippen molar-refractivity contribution >= 4 is 21.4 Å². The number of anilines is 1. The van der Waals surface area contributed by atoms with Gasteiger partial charge < -0.3 is 5.32 Å². The third-order valence-corrected chi connectivity index (χ3v) is 2.72. The Hall–Kier alpha value is -1.43. The predicted molar refractivity (Wildman–Crippen MR) is 56.3 cm³/mol. The second-order valence-electron chi connectivity index (χ2n) is 3.06. The van der Waals surface area contributed by atoms with Crippen LogP contribution in [0.3, 0.4) is 0 Å².